The van der Waals surface area contributed by atoms with Crippen LogP contribution in [0, 0.1) is 0 Å². The van der Waals surface area contributed by atoms with E-state index < -0.39 is 10.1 Å². The summed E-state index contributed by atoms with van der Waals surface area (Å²) in [7, 11) is -3.39. The van der Waals surface area contributed by atoms with Crippen molar-refractivity contribution < 1.29 is 22.1 Å². The highest BCUT2D eigenvalue weighted by Crippen LogP contribution is 1.99. The quantitative estimate of drug-likeness (QED) is 0.482. The maximum absolute atomic E-state index is 10.5. The molecule has 0 saturated heterocycles. The fourth-order valence-electron chi connectivity index (χ4n) is 0.708. The number of esters is 1. The fraction of sp³-hybridized carbons (Fsp3) is 0.857. The number of carbonyl (C=O) groups excluding carboxylic acids is 1. The molecule has 0 heterocycles. The van der Waals surface area contributed by atoms with Gasteiger partial charge in [-0.05, 0) is 6.92 Å². The largest absolute Gasteiger partial charge is 0.463 e. The van der Waals surface area contributed by atoms with E-state index in [0.717, 1.165) is 6.26 Å². The van der Waals surface area contributed by atoms with Crippen molar-refractivity contribution in [3.8, 4) is 0 Å². The van der Waals surface area contributed by atoms with E-state index in [1.165, 1.54) is 6.92 Å². The Morgan fingerprint density at radius 2 is 2.00 bits per heavy atom. The average molecular weight is 210 g/mol. The lowest BCUT2D eigenvalue weighted by atomic mass is 10.3. The first-order valence-electron chi connectivity index (χ1n) is 3.83. The summed E-state index contributed by atoms with van der Waals surface area (Å²) in [6.45, 7) is 3.01. The fourth-order valence-corrected chi connectivity index (χ4v) is 1.11. The zero-order valence-electron chi connectivity index (χ0n) is 7.94. The molecule has 1 atom stereocenters. The van der Waals surface area contributed by atoms with Gasteiger partial charge >= 0.3 is 5.97 Å². The van der Waals surface area contributed by atoms with E-state index in [4.69, 9.17) is 4.74 Å². The first-order valence-corrected chi connectivity index (χ1v) is 5.64. The first-order chi connectivity index (χ1) is 5.81. The summed E-state index contributed by atoms with van der Waals surface area (Å²) in [6, 6.07) is 0. The van der Waals surface area contributed by atoms with Crippen LogP contribution in [0.15, 0.2) is 0 Å². The van der Waals surface area contributed by atoms with Gasteiger partial charge in [0.2, 0.25) is 0 Å². The van der Waals surface area contributed by atoms with Gasteiger partial charge in [-0.1, -0.05) is 0 Å². The Hall–Kier alpha value is -0.620. The predicted octanol–water partition coefficient (Wildman–Crippen LogP) is 0.304. The molecule has 0 aliphatic rings. The van der Waals surface area contributed by atoms with E-state index >= 15 is 0 Å². The molecule has 0 amide bonds. The van der Waals surface area contributed by atoms with Gasteiger partial charge in [-0.3, -0.25) is 8.98 Å². The third-order valence-electron chi connectivity index (χ3n) is 1.19. The van der Waals surface area contributed by atoms with Gasteiger partial charge in [0.25, 0.3) is 10.1 Å². The van der Waals surface area contributed by atoms with E-state index in [1.807, 2.05) is 0 Å². The lowest BCUT2D eigenvalue weighted by Crippen LogP contribution is -2.16. The van der Waals surface area contributed by atoms with Gasteiger partial charge in [0.1, 0.15) is 6.10 Å². The van der Waals surface area contributed by atoms with Crippen molar-refractivity contribution in [1.29, 1.82) is 0 Å². The Morgan fingerprint density at radius 3 is 2.38 bits per heavy atom. The Bertz CT molecular complexity index is 256. The Balaban J connectivity index is 3.60. The van der Waals surface area contributed by atoms with Gasteiger partial charge in [0.15, 0.2) is 0 Å². The molecule has 0 aliphatic carbocycles. The molecule has 0 rings (SSSR count). The molecule has 0 saturated carbocycles. The van der Waals surface area contributed by atoms with Crippen LogP contribution in [0.5, 0.6) is 0 Å². The second-order valence-electron chi connectivity index (χ2n) is 2.73. The number of rotatable bonds is 5. The van der Waals surface area contributed by atoms with Crippen molar-refractivity contribution in [3.63, 3.8) is 0 Å². The summed E-state index contributed by atoms with van der Waals surface area (Å²) in [5.41, 5.74) is 0. The van der Waals surface area contributed by atoms with Gasteiger partial charge in [-0.15, -0.1) is 0 Å². The molecule has 0 spiro atoms. The van der Waals surface area contributed by atoms with Crippen LogP contribution in [-0.2, 0) is 23.8 Å². The predicted molar refractivity (Wildman–Crippen MR) is 46.6 cm³/mol. The SMILES string of the molecule is CC(=O)OC(C)CCOS(C)(=O)=O. The summed E-state index contributed by atoms with van der Waals surface area (Å²) in [6.07, 6.45) is 1.02. The van der Waals surface area contributed by atoms with Crippen molar-refractivity contribution in [2.45, 2.75) is 26.4 Å². The minimum atomic E-state index is -3.39. The Labute approximate surface area is 78.2 Å². The summed E-state index contributed by atoms with van der Waals surface area (Å²) in [5, 5.41) is 0. The first kappa shape index (κ1) is 12.4. The lowest BCUT2D eigenvalue weighted by Gasteiger charge is -2.10. The molecule has 0 N–H and O–H groups in total. The molecule has 5 nitrogen and oxygen atoms in total. The monoisotopic (exact) mass is 210 g/mol. The van der Waals surface area contributed by atoms with Gasteiger partial charge < -0.3 is 4.74 Å². The molecule has 0 radical (unpaired) electrons. The minimum absolute atomic E-state index is 0.0350. The average Bonchev–Trinajstić information content (AvgIpc) is 1.81. The number of hydrogen-bond acceptors (Lipinski definition) is 5. The lowest BCUT2D eigenvalue weighted by molar-refractivity contribution is -0.145. The van der Waals surface area contributed by atoms with E-state index in [9.17, 15) is 13.2 Å². The zero-order chi connectivity index (χ0) is 10.5. The highest BCUT2D eigenvalue weighted by molar-refractivity contribution is 7.85. The van der Waals surface area contributed by atoms with Gasteiger partial charge in [-0.25, -0.2) is 0 Å². The summed E-state index contributed by atoms with van der Waals surface area (Å²) in [4.78, 5) is 10.4. The normalized spacial score (nSPS) is 13.8. The van der Waals surface area contributed by atoms with Crippen molar-refractivity contribution in [2.24, 2.45) is 0 Å². The Morgan fingerprint density at radius 1 is 1.46 bits per heavy atom. The molecule has 1 unspecified atom stereocenters. The van der Waals surface area contributed by atoms with Crippen molar-refractivity contribution in [2.75, 3.05) is 12.9 Å². The molecule has 0 aromatic carbocycles. The molecule has 0 aromatic rings. The smallest absolute Gasteiger partial charge is 0.302 e. The highest BCUT2D eigenvalue weighted by atomic mass is 32.2. The highest BCUT2D eigenvalue weighted by Gasteiger charge is 2.07. The molecule has 0 fully saturated rings. The second-order valence-corrected chi connectivity index (χ2v) is 4.38. The van der Waals surface area contributed by atoms with Crippen LogP contribution in [0.4, 0.5) is 0 Å². The van der Waals surface area contributed by atoms with Gasteiger partial charge in [0, 0.05) is 13.3 Å². The molecule has 78 valence electrons. The van der Waals surface area contributed by atoms with Crippen molar-refractivity contribution in [3.05, 3.63) is 0 Å². The zero-order valence-corrected chi connectivity index (χ0v) is 8.76. The maximum atomic E-state index is 10.5. The molecule has 13 heavy (non-hydrogen) atoms. The third kappa shape index (κ3) is 9.29. The molecule has 0 bridgehead atoms. The third-order valence-corrected chi connectivity index (χ3v) is 1.78. The van der Waals surface area contributed by atoms with Crippen LogP contribution < -0.4 is 0 Å². The van der Waals surface area contributed by atoms with E-state index in [0.29, 0.717) is 6.42 Å². The van der Waals surface area contributed by atoms with Crippen LogP contribution in [0.25, 0.3) is 0 Å². The van der Waals surface area contributed by atoms with Crippen LogP contribution in [0.2, 0.25) is 0 Å². The topological polar surface area (TPSA) is 69.7 Å². The number of hydrogen-bond donors (Lipinski definition) is 0. The van der Waals surface area contributed by atoms with Gasteiger partial charge in [-0.2, -0.15) is 8.42 Å². The molecule has 0 aliphatic heterocycles. The Kier molecular flexibility index (Phi) is 4.94. The molecular weight excluding hydrogens is 196 g/mol. The van der Waals surface area contributed by atoms with Crippen LogP contribution >= 0.6 is 0 Å². The second kappa shape index (κ2) is 5.18. The molecule has 6 heteroatoms. The maximum Gasteiger partial charge on any atom is 0.302 e. The molecule has 0 aromatic heterocycles. The summed E-state index contributed by atoms with van der Waals surface area (Å²) < 4.78 is 30.2. The van der Waals surface area contributed by atoms with E-state index in [2.05, 4.69) is 4.18 Å². The van der Waals surface area contributed by atoms with E-state index in [1.54, 1.807) is 6.92 Å². The van der Waals surface area contributed by atoms with E-state index in [-0.39, 0.29) is 18.7 Å². The van der Waals surface area contributed by atoms with Crippen LogP contribution in [0.3, 0.4) is 0 Å². The summed E-state index contributed by atoms with van der Waals surface area (Å²) in [5.74, 6) is -0.383. The van der Waals surface area contributed by atoms with Crippen LogP contribution in [-0.4, -0.2) is 33.4 Å². The summed E-state index contributed by atoms with van der Waals surface area (Å²) >= 11 is 0. The van der Waals surface area contributed by atoms with Crippen LogP contribution in [0.1, 0.15) is 20.3 Å². The van der Waals surface area contributed by atoms with Gasteiger partial charge in [0.05, 0.1) is 12.9 Å². The minimum Gasteiger partial charge on any atom is -0.463 e. The molecular formula is C7H14O5S. The van der Waals surface area contributed by atoms with Crippen molar-refractivity contribution in [1.82, 2.24) is 0 Å². The standard InChI is InChI=1S/C7H14O5S/c1-6(12-7(2)8)4-5-11-13(3,9)10/h6H,4-5H2,1-3H3. The number of carbonyl (C=O) groups is 1. The number of ether oxygens (including phenoxy) is 1. The van der Waals surface area contributed by atoms with Crippen molar-refractivity contribution >= 4 is 16.1 Å².